The van der Waals surface area contributed by atoms with Gasteiger partial charge < -0.3 is 20.9 Å². The number of nitrogens with one attached hydrogen (secondary N) is 2. The SMILES string of the molecule is NC(=CC=S)c1c[nH]c2nccc(N3CCC[C@]4(CCCCN4)C3)c12. The topological polar surface area (TPSA) is 70.0 Å². The number of fused-ring (bicyclic) bond motifs is 1. The summed E-state index contributed by atoms with van der Waals surface area (Å²) in [6.07, 6.45) is 12.0. The van der Waals surface area contributed by atoms with Crippen LogP contribution in [0.5, 0.6) is 0 Å². The maximum atomic E-state index is 6.24. The second-order valence-corrected chi connectivity index (χ2v) is 7.48. The maximum Gasteiger partial charge on any atom is 0.140 e. The molecule has 2 aromatic heterocycles. The van der Waals surface area contributed by atoms with E-state index in [4.69, 9.17) is 18.0 Å². The van der Waals surface area contributed by atoms with Gasteiger partial charge in [-0.1, -0.05) is 18.6 Å². The van der Waals surface area contributed by atoms with E-state index in [-0.39, 0.29) is 5.54 Å². The summed E-state index contributed by atoms with van der Waals surface area (Å²) in [5, 5.41) is 6.47. The number of aromatic amines is 1. The fourth-order valence-electron chi connectivity index (χ4n) is 4.41. The number of piperidine rings is 2. The van der Waals surface area contributed by atoms with Crippen molar-refractivity contribution in [1.82, 2.24) is 15.3 Å². The molecule has 0 unspecified atom stereocenters. The Labute approximate surface area is 153 Å². The molecule has 132 valence electrons. The molecule has 4 heterocycles. The van der Waals surface area contributed by atoms with Crippen LogP contribution in [-0.2, 0) is 0 Å². The van der Waals surface area contributed by atoms with Crippen LogP contribution in [0, 0.1) is 0 Å². The van der Waals surface area contributed by atoms with E-state index in [9.17, 15) is 0 Å². The van der Waals surface area contributed by atoms with E-state index < -0.39 is 0 Å². The molecule has 6 heteroatoms. The number of hydrogen-bond acceptors (Lipinski definition) is 5. The number of allylic oxidation sites excluding steroid dienone is 1. The fourth-order valence-corrected chi connectivity index (χ4v) is 4.56. The maximum absolute atomic E-state index is 6.24. The number of pyridine rings is 1. The summed E-state index contributed by atoms with van der Waals surface area (Å²) >= 11 is 4.94. The lowest BCUT2D eigenvalue weighted by Crippen LogP contribution is -2.59. The molecule has 0 amide bonds. The molecule has 4 N–H and O–H groups in total. The summed E-state index contributed by atoms with van der Waals surface area (Å²) in [5.74, 6) is 0. The first kappa shape index (κ1) is 16.5. The second kappa shape index (κ2) is 6.77. The second-order valence-electron chi connectivity index (χ2n) is 7.20. The van der Waals surface area contributed by atoms with Gasteiger partial charge in [-0.2, -0.15) is 0 Å². The average molecular weight is 356 g/mol. The number of nitrogens with zero attached hydrogens (tertiary/aromatic N) is 2. The minimum atomic E-state index is 0.262. The van der Waals surface area contributed by atoms with Crippen LogP contribution in [0.2, 0.25) is 0 Å². The predicted octanol–water partition coefficient (Wildman–Crippen LogP) is 2.97. The van der Waals surface area contributed by atoms with Crippen molar-refractivity contribution >= 4 is 40.0 Å². The van der Waals surface area contributed by atoms with Crippen molar-refractivity contribution in [3.63, 3.8) is 0 Å². The van der Waals surface area contributed by atoms with Crippen LogP contribution >= 0.6 is 12.2 Å². The molecule has 5 nitrogen and oxygen atoms in total. The van der Waals surface area contributed by atoms with Crippen molar-refractivity contribution in [2.75, 3.05) is 24.5 Å². The van der Waals surface area contributed by atoms with Gasteiger partial charge in [0.25, 0.3) is 0 Å². The average Bonchev–Trinajstić information content (AvgIpc) is 3.07. The van der Waals surface area contributed by atoms with E-state index in [1.807, 2.05) is 12.4 Å². The molecule has 0 aromatic carbocycles. The Balaban J connectivity index is 1.74. The first-order chi connectivity index (χ1) is 12.2. The van der Waals surface area contributed by atoms with Gasteiger partial charge in [0.1, 0.15) is 5.65 Å². The first-order valence-electron chi connectivity index (χ1n) is 9.10. The molecule has 1 atom stereocenters. The number of H-pyrrole nitrogens is 1. The molecule has 2 aliphatic rings. The highest BCUT2D eigenvalue weighted by Gasteiger charge is 2.36. The third kappa shape index (κ3) is 3.04. The number of nitrogens with two attached hydrogens (primary N) is 1. The van der Waals surface area contributed by atoms with E-state index in [0.717, 1.165) is 36.2 Å². The van der Waals surface area contributed by atoms with Crippen molar-refractivity contribution in [1.29, 1.82) is 0 Å². The molecule has 2 fully saturated rings. The smallest absolute Gasteiger partial charge is 0.140 e. The van der Waals surface area contributed by atoms with Crippen LogP contribution < -0.4 is 16.0 Å². The van der Waals surface area contributed by atoms with Crippen LogP contribution in [0.4, 0.5) is 5.69 Å². The van der Waals surface area contributed by atoms with Crippen LogP contribution in [0.1, 0.15) is 37.7 Å². The van der Waals surface area contributed by atoms with Crippen LogP contribution in [-0.4, -0.2) is 40.5 Å². The molecular weight excluding hydrogens is 330 g/mol. The third-order valence-corrected chi connectivity index (χ3v) is 5.75. The predicted molar refractivity (Wildman–Crippen MR) is 108 cm³/mol. The Bertz CT molecular complexity index is 798. The molecule has 0 radical (unpaired) electrons. The van der Waals surface area contributed by atoms with E-state index in [2.05, 4.69) is 26.3 Å². The van der Waals surface area contributed by atoms with Crippen molar-refractivity contribution < 1.29 is 0 Å². The van der Waals surface area contributed by atoms with Gasteiger partial charge >= 0.3 is 0 Å². The van der Waals surface area contributed by atoms with Crippen molar-refractivity contribution in [3.05, 3.63) is 30.1 Å². The molecule has 2 aromatic rings. The summed E-state index contributed by atoms with van der Waals surface area (Å²) in [4.78, 5) is 10.3. The van der Waals surface area contributed by atoms with Gasteiger partial charge in [0.2, 0.25) is 0 Å². The van der Waals surface area contributed by atoms with E-state index >= 15 is 0 Å². The Hall–Kier alpha value is -1.92. The monoisotopic (exact) mass is 355 g/mol. The number of thiocarbonyl (C=S) groups is 1. The Morgan fingerprint density at radius 2 is 2.20 bits per heavy atom. The summed E-state index contributed by atoms with van der Waals surface area (Å²) in [7, 11) is 0. The van der Waals surface area contributed by atoms with Crippen molar-refractivity contribution in [3.8, 4) is 0 Å². The van der Waals surface area contributed by atoms with Gasteiger partial charge in [-0.15, -0.1) is 0 Å². The third-order valence-electron chi connectivity index (χ3n) is 5.61. The highest BCUT2D eigenvalue weighted by Crippen LogP contribution is 2.36. The largest absolute Gasteiger partial charge is 0.398 e. The summed E-state index contributed by atoms with van der Waals surface area (Å²) in [6, 6.07) is 2.12. The Morgan fingerprint density at radius 1 is 1.32 bits per heavy atom. The first-order valence-corrected chi connectivity index (χ1v) is 9.57. The molecule has 0 aliphatic carbocycles. The van der Waals surface area contributed by atoms with Crippen molar-refractivity contribution in [2.45, 2.75) is 37.6 Å². The zero-order chi connectivity index (χ0) is 17.3. The molecular formula is C19H25N5S. The summed E-state index contributed by atoms with van der Waals surface area (Å²) in [5.41, 5.74) is 10.3. The molecule has 1 spiro atoms. The van der Waals surface area contributed by atoms with Crippen LogP contribution in [0.25, 0.3) is 16.7 Å². The molecule has 0 saturated carbocycles. The molecule has 2 aliphatic heterocycles. The van der Waals surface area contributed by atoms with Gasteiger partial charge in [0.05, 0.1) is 11.1 Å². The Morgan fingerprint density at radius 3 is 3.00 bits per heavy atom. The lowest BCUT2D eigenvalue weighted by atomic mass is 9.81. The van der Waals surface area contributed by atoms with Crippen molar-refractivity contribution in [2.24, 2.45) is 5.73 Å². The highest BCUT2D eigenvalue weighted by molar-refractivity contribution is 7.79. The summed E-state index contributed by atoms with van der Waals surface area (Å²) in [6.45, 7) is 3.26. The number of rotatable bonds is 3. The molecule has 2 saturated heterocycles. The lowest BCUT2D eigenvalue weighted by Gasteiger charge is -2.47. The molecule has 4 rings (SSSR count). The highest BCUT2D eigenvalue weighted by atomic mass is 32.1. The van der Waals surface area contributed by atoms with Gasteiger partial charge in [0, 0.05) is 47.7 Å². The molecule has 25 heavy (non-hydrogen) atoms. The van der Waals surface area contributed by atoms with Gasteiger partial charge in [-0.25, -0.2) is 4.98 Å². The zero-order valence-corrected chi connectivity index (χ0v) is 15.2. The number of hydrogen-bond donors (Lipinski definition) is 3. The minimum Gasteiger partial charge on any atom is -0.398 e. The van der Waals surface area contributed by atoms with Gasteiger partial charge in [-0.3, -0.25) is 0 Å². The number of anilines is 1. The van der Waals surface area contributed by atoms with Gasteiger partial charge in [-0.05, 0) is 44.4 Å². The van der Waals surface area contributed by atoms with E-state index in [1.54, 1.807) is 11.4 Å². The standard InChI is InChI=1S/C19H25N5S/c20-15(5-11-25)14-12-22-18-17(14)16(4-9-21-18)24-10-3-7-19(13-24)6-1-2-8-23-19/h4-5,9,11-12,23H,1-3,6-8,10,13,20H2,(H,21,22)/t19-/m1/s1. The normalized spacial score (nSPS) is 24.8. The van der Waals surface area contributed by atoms with E-state index in [0.29, 0.717) is 5.70 Å². The van der Waals surface area contributed by atoms with E-state index in [1.165, 1.54) is 37.8 Å². The zero-order valence-electron chi connectivity index (χ0n) is 14.4. The lowest BCUT2D eigenvalue weighted by molar-refractivity contribution is 0.216. The fraction of sp³-hybridized carbons (Fsp3) is 0.474. The Kier molecular flexibility index (Phi) is 4.48. The number of aromatic nitrogens is 2. The van der Waals surface area contributed by atoms with Crippen LogP contribution in [0.15, 0.2) is 24.5 Å². The molecule has 0 bridgehead atoms. The summed E-state index contributed by atoms with van der Waals surface area (Å²) < 4.78 is 0. The van der Waals surface area contributed by atoms with Crippen LogP contribution in [0.3, 0.4) is 0 Å². The quantitative estimate of drug-likeness (QED) is 0.583. The van der Waals surface area contributed by atoms with Gasteiger partial charge in [0.15, 0.2) is 0 Å². The minimum absolute atomic E-state index is 0.262.